The Balaban J connectivity index is 2.32. The summed E-state index contributed by atoms with van der Waals surface area (Å²) in [6.45, 7) is 5.49. The highest BCUT2D eigenvalue weighted by molar-refractivity contribution is 7.89. The minimum absolute atomic E-state index is 0.122. The van der Waals surface area contributed by atoms with Gasteiger partial charge in [-0.3, -0.25) is 9.59 Å². The van der Waals surface area contributed by atoms with E-state index in [-0.39, 0.29) is 23.9 Å². The summed E-state index contributed by atoms with van der Waals surface area (Å²) in [6.07, 6.45) is 0.408. The number of carbonyl (C=O) groups is 2. The number of hydrogen-bond donors (Lipinski definition) is 1. The maximum atomic E-state index is 13.3. The summed E-state index contributed by atoms with van der Waals surface area (Å²) in [5.74, 6) is -0.717. The first-order chi connectivity index (χ1) is 14.6. The summed E-state index contributed by atoms with van der Waals surface area (Å²) in [5.41, 5.74) is 2.84. The second-order valence-corrected chi connectivity index (χ2v) is 9.61. The van der Waals surface area contributed by atoms with Gasteiger partial charge in [0.05, 0.1) is 11.4 Å². The summed E-state index contributed by atoms with van der Waals surface area (Å²) < 4.78 is 26.9. The molecule has 8 heteroatoms. The maximum absolute atomic E-state index is 13.3. The van der Waals surface area contributed by atoms with Gasteiger partial charge in [0.15, 0.2) is 0 Å². The van der Waals surface area contributed by atoms with Crippen LogP contribution in [0.2, 0.25) is 0 Å². The van der Waals surface area contributed by atoms with Gasteiger partial charge in [-0.15, -0.1) is 0 Å². The lowest BCUT2D eigenvalue weighted by Gasteiger charge is -2.32. The Morgan fingerprint density at radius 3 is 2.19 bits per heavy atom. The largest absolute Gasteiger partial charge is 0.357 e. The molecule has 2 aromatic rings. The SMILES string of the molecule is CCC(C(=O)NC)N(Cc1ccccc1C)C(=O)CN(C)S(=O)(=O)c1ccc(C)cc1. The first kappa shape index (κ1) is 24.6. The van der Waals surface area contributed by atoms with Crippen molar-refractivity contribution >= 4 is 21.8 Å². The summed E-state index contributed by atoms with van der Waals surface area (Å²) in [7, 11) is -0.940. The predicted octanol–water partition coefficient (Wildman–Crippen LogP) is 2.48. The first-order valence-corrected chi connectivity index (χ1v) is 11.6. The van der Waals surface area contributed by atoms with Gasteiger partial charge in [0.1, 0.15) is 6.04 Å². The summed E-state index contributed by atoms with van der Waals surface area (Å²) >= 11 is 0. The minimum Gasteiger partial charge on any atom is -0.357 e. The molecule has 1 atom stereocenters. The number of nitrogens with zero attached hydrogens (tertiary/aromatic N) is 2. The van der Waals surface area contributed by atoms with Crippen LogP contribution in [0, 0.1) is 13.8 Å². The van der Waals surface area contributed by atoms with Crippen molar-refractivity contribution in [1.29, 1.82) is 0 Å². The fourth-order valence-electron chi connectivity index (χ4n) is 3.31. The third-order valence-corrected chi connectivity index (χ3v) is 7.14. The highest BCUT2D eigenvalue weighted by atomic mass is 32.2. The van der Waals surface area contributed by atoms with Crippen LogP contribution >= 0.6 is 0 Å². The Bertz CT molecular complexity index is 1020. The standard InChI is InChI=1S/C23H31N3O4S/c1-6-21(23(28)24-4)26(15-19-10-8-7-9-18(19)3)22(27)16-25(5)31(29,30)20-13-11-17(2)12-14-20/h7-14,21H,6,15-16H2,1-5H3,(H,24,28). The highest BCUT2D eigenvalue weighted by Crippen LogP contribution is 2.18. The van der Waals surface area contributed by atoms with E-state index in [9.17, 15) is 18.0 Å². The second-order valence-electron chi connectivity index (χ2n) is 7.56. The number of nitrogens with one attached hydrogen (secondary N) is 1. The van der Waals surface area contributed by atoms with Crippen LogP contribution in [-0.2, 0) is 26.2 Å². The Morgan fingerprint density at radius 1 is 1.03 bits per heavy atom. The molecule has 0 fully saturated rings. The van der Waals surface area contributed by atoms with Crippen LogP contribution in [0.3, 0.4) is 0 Å². The van der Waals surface area contributed by atoms with Gasteiger partial charge in [0.2, 0.25) is 21.8 Å². The molecule has 0 bridgehead atoms. The number of rotatable bonds is 9. The number of amides is 2. The van der Waals surface area contributed by atoms with Gasteiger partial charge in [-0.05, 0) is 43.5 Å². The molecule has 0 radical (unpaired) electrons. The fourth-order valence-corrected chi connectivity index (χ4v) is 4.43. The fraction of sp³-hybridized carbons (Fsp3) is 0.391. The van der Waals surface area contributed by atoms with Crippen molar-refractivity contribution in [3.63, 3.8) is 0 Å². The zero-order valence-electron chi connectivity index (χ0n) is 18.8. The van der Waals surface area contributed by atoms with E-state index in [0.717, 1.165) is 21.0 Å². The molecule has 0 heterocycles. The number of sulfonamides is 1. The zero-order chi connectivity index (χ0) is 23.2. The third-order valence-electron chi connectivity index (χ3n) is 5.32. The Labute approximate surface area is 185 Å². The van der Waals surface area contributed by atoms with Crippen molar-refractivity contribution in [2.75, 3.05) is 20.6 Å². The van der Waals surface area contributed by atoms with Crippen LogP contribution in [-0.4, -0.2) is 56.1 Å². The molecule has 0 aliphatic heterocycles. The molecule has 0 aliphatic carbocycles. The lowest BCUT2D eigenvalue weighted by atomic mass is 10.1. The van der Waals surface area contributed by atoms with Crippen LogP contribution in [0.15, 0.2) is 53.4 Å². The number of aryl methyl sites for hydroxylation is 2. The second kappa shape index (κ2) is 10.5. The molecule has 0 spiro atoms. The average molecular weight is 446 g/mol. The van der Waals surface area contributed by atoms with E-state index in [2.05, 4.69) is 5.32 Å². The van der Waals surface area contributed by atoms with Crippen LogP contribution in [0.1, 0.15) is 30.0 Å². The lowest BCUT2D eigenvalue weighted by Crippen LogP contribution is -2.51. The lowest BCUT2D eigenvalue weighted by molar-refractivity contribution is -0.141. The van der Waals surface area contributed by atoms with Crippen LogP contribution < -0.4 is 5.32 Å². The molecule has 1 unspecified atom stereocenters. The van der Waals surface area contributed by atoms with E-state index in [1.54, 1.807) is 12.1 Å². The van der Waals surface area contributed by atoms with E-state index in [1.165, 1.54) is 31.1 Å². The Hall–Kier alpha value is -2.71. The molecular formula is C23H31N3O4S. The van der Waals surface area contributed by atoms with Gasteiger partial charge in [-0.1, -0.05) is 48.9 Å². The van der Waals surface area contributed by atoms with Crippen molar-refractivity contribution in [3.8, 4) is 0 Å². The minimum atomic E-state index is -3.84. The molecule has 7 nitrogen and oxygen atoms in total. The van der Waals surface area contributed by atoms with E-state index in [0.29, 0.717) is 6.42 Å². The van der Waals surface area contributed by atoms with E-state index < -0.39 is 22.0 Å². The topological polar surface area (TPSA) is 86.8 Å². The maximum Gasteiger partial charge on any atom is 0.243 e. The summed E-state index contributed by atoms with van der Waals surface area (Å²) in [6, 6.07) is 13.4. The summed E-state index contributed by atoms with van der Waals surface area (Å²) in [5, 5.41) is 2.60. The van der Waals surface area contributed by atoms with Crippen molar-refractivity contribution in [3.05, 3.63) is 65.2 Å². The molecule has 168 valence electrons. The van der Waals surface area contributed by atoms with E-state index in [1.807, 2.05) is 45.0 Å². The van der Waals surface area contributed by atoms with Gasteiger partial charge in [-0.25, -0.2) is 8.42 Å². The molecule has 0 saturated heterocycles. The van der Waals surface area contributed by atoms with Crippen LogP contribution in [0.4, 0.5) is 0 Å². The first-order valence-electron chi connectivity index (χ1n) is 10.2. The quantitative estimate of drug-likeness (QED) is 0.642. The Kier molecular flexibility index (Phi) is 8.36. The van der Waals surface area contributed by atoms with Crippen LogP contribution in [0.25, 0.3) is 0 Å². The van der Waals surface area contributed by atoms with Crippen molar-refractivity contribution in [2.24, 2.45) is 0 Å². The molecule has 2 amide bonds. The normalized spacial score (nSPS) is 12.5. The smallest absolute Gasteiger partial charge is 0.243 e. The van der Waals surface area contributed by atoms with Crippen molar-refractivity contribution in [1.82, 2.24) is 14.5 Å². The molecule has 0 aromatic heterocycles. The van der Waals surface area contributed by atoms with Crippen molar-refractivity contribution in [2.45, 2.75) is 44.7 Å². The molecule has 0 aliphatic rings. The molecule has 31 heavy (non-hydrogen) atoms. The molecule has 2 rings (SSSR count). The molecular weight excluding hydrogens is 414 g/mol. The molecule has 1 N–H and O–H groups in total. The van der Waals surface area contributed by atoms with Gasteiger partial charge in [0.25, 0.3) is 0 Å². The number of hydrogen-bond acceptors (Lipinski definition) is 4. The molecule has 2 aromatic carbocycles. The van der Waals surface area contributed by atoms with Gasteiger partial charge < -0.3 is 10.2 Å². The highest BCUT2D eigenvalue weighted by Gasteiger charge is 2.31. The predicted molar refractivity (Wildman–Crippen MR) is 121 cm³/mol. The van der Waals surface area contributed by atoms with Gasteiger partial charge in [-0.2, -0.15) is 4.31 Å². The van der Waals surface area contributed by atoms with Crippen LogP contribution in [0.5, 0.6) is 0 Å². The monoisotopic (exact) mass is 445 g/mol. The third kappa shape index (κ3) is 5.92. The van der Waals surface area contributed by atoms with E-state index in [4.69, 9.17) is 0 Å². The van der Waals surface area contributed by atoms with Crippen molar-refractivity contribution < 1.29 is 18.0 Å². The summed E-state index contributed by atoms with van der Waals surface area (Å²) in [4.78, 5) is 27.3. The number of benzene rings is 2. The number of carbonyl (C=O) groups excluding carboxylic acids is 2. The molecule has 0 saturated carbocycles. The van der Waals surface area contributed by atoms with Gasteiger partial charge >= 0.3 is 0 Å². The Morgan fingerprint density at radius 2 is 1.65 bits per heavy atom. The van der Waals surface area contributed by atoms with E-state index >= 15 is 0 Å². The van der Waals surface area contributed by atoms with Gasteiger partial charge in [0, 0.05) is 20.6 Å². The zero-order valence-corrected chi connectivity index (χ0v) is 19.6. The average Bonchev–Trinajstić information content (AvgIpc) is 2.74. The number of likely N-dealkylation sites (N-methyl/N-ethyl adjacent to an activating group) is 2.